The molecule has 1 aliphatic heterocycles. The topological polar surface area (TPSA) is 151 Å². The fourth-order valence-corrected chi connectivity index (χ4v) is 4.75. The number of anilines is 1. The minimum absolute atomic E-state index is 0.0398. The van der Waals surface area contributed by atoms with Gasteiger partial charge in [-0.25, -0.2) is 9.79 Å². The molecule has 1 fully saturated rings. The summed E-state index contributed by atoms with van der Waals surface area (Å²) >= 11 is 0. The van der Waals surface area contributed by atoms with Crippen LogP contribution >= 0.6 is 0 Å². The van der Waals surface area contributed by atoms with Gasteiger partial charge in [0.05, 0.1) is 13.1 Å². The molecule has 1 aliphatic rings. The second kappa shape index (κ2) is 13.2. The van der Waals surface area contributed by atoms with Crippen LogP contribution in [0.5, 0.6) is 0 Å². The number of amides is 5. The molecule has 0 bridgehead atoms. The van der Waals surface area contributed by atoms with Gasteiger partial charge in [0.1, 0.15) is 17.7 Å². The van der Waals surface area contributed by atoms with Crippen LogP contribution in [-0.2, 0) is 25.7 Å². The molecule has 2 aromatic rings. The number of benzene rings is 2. The Kier molecular flexibility index (Phi) is 10.1. The van der Waals surface area contributed by atoms with Gasteiger partial charge in [0.25, 0.3) is 5.91 Å². The van der Waals surface area contributed by atoms with Crippen molar-refractivity contribution in [3.63, 3.8) is 0 Å². The van der Waals surface area contributed by atoms with Crippen molar-refractivity contribution in [3.8, 4) is 0 Å². The Balaban J connectivity index is 2.04. The normalized spacial score (nSPS) is 16.9. The Morgan fingerprint density at radius 2 is 1.60 bits per heavy atom. The molecule has 11 heteroatoms. The summed E-state index contributed by atoms with van der Waals surface area (Å²) in [5.41, 5.74) is 5.87. The van der Waals surface area contributed by atoms with Crippen molar-refractivity contribution in [1.29, 1.82) is 0 Å². The van der Waals surface area contributed by atoms with Crippen molar-refractivity contribution in [2.24, 2.45) is 16.1 Å². The van der Waals surface area contributed by atoms with Crippen LogP contribution in [0.25, 0.3) is 0 Å². The van der Waals surface area contributed by atoms with Crippen LogP contribution in [-0.4, -0.2) is 64.6 Å². The summed E-state index contributed by atoms with van der Waals surface area (Å²) in [5, 5.41) is 2.69. The van der Waals surface area contributed by atoms with Gasteiger partial charge in [-0.3, -0.25) is 19.2 Å². The van der Waals surface area contributed by atoms with Crippen LogP contribution < -0.4 is 16.0 Å². The molecule has 11 nitrogen and oxygen atoms in total. The predicted molar refractivity (Wildman–Crippen MR) is 163 cm³/mol. The molecule has 43 heavy (non-hydrogen) atoms. The smallest absolute Gasteiger partial charge is 0.408 e. The van der Waals surface area contributed by atoms with Crippen molar-refractivity contribution in [3.05, 3.63) is 65.7 Å². The molecule has 0 unspecified atom stereocenters. The number of carbonyl (C=O) groups excluding carboxylic acids is 5. The van der Waals surface area contributed by atoms with Crippen molar-refractivity contribution in [2.45, 2.75) is 79.1 Å². The molecule has 0 aromatic heterocycles. The zero-order valence-electron chi connectivity index (χ0n) is 25.8. The van der Waals surface area contributed by atoms with Crippen LogP contribution in [0.15, 0.2) is 59.6 Å². The van der Waals surface area contributed by atoms with E-state index in [1.165, 1.54) is 28.9 Å². The Bertz CT molecular complexity index is 1390. The number of likely N-dealkylation sites (tertiary alicyclic amines) is 1. The van der Waals surface area contributed by atoms with E-state index < -0.39 is 52.8 Å². The van der Waals surface area contributed by atoms with Gasteiger partial charge in [-0.05, 0) is 56.0 Å². The van der Waals surface area contributed by atoms with Gasteiger partial charge in [0.2, 0.25) is 17.7 Å². The lowest BCUT2D eigenvalue weighted by Gasteiger charge is -2.36. The minimum Gasteiger partial charge on any atom is -0.444 e. The van der Waals surface area contributed by atoms with Gasteiger partial charge < -0.3 is 25.6 Å². The Morgan fingerprint density at radius 3 is 2.12 bits per heavy atom. The summed E-state index contributed by atoms with van der Waals surface area (Å²) in [6, 6.07) is 13.6. The van der Waals surface area contributed by atoms with E-state index >= 15 is 0 Å². The van der Waals surface area contributed by atoms with Crippen LogP contribution in [0.4, 0.5) is 10.5 Å². The van der Waals surface area contributed by atoms with E-state index in [1.807, 2.05) is 30.3 Å². The zero-order valence-corrected chi connectivity index (χ0v) is 25.8. The van der Waals surface area contributed by atoms with Crippen molar-refractivity contribution < 1.29 is 28.7 Å². The van der Waals surface area contributed by atoms with Crippen LogP contribution in [0.2, 0.25) is 0 Å². The second-order valence-corrected chi connectivity index (χ2v) is 12.6. The quantitative estimate of drug-likeness (QED) is 0.499. The average molecular weight is 592 g/mol. The summed E-state index contributed by atoms with van der Waals surface area (Å²) in [6.45, 7) is 12.0. The lowest BCUT2D eigenvalue weighted by Crippen LogP contribution is -2.58. The third kappa shape index (κ3) is 8.97. The number of hydrogen-bond donors (Lipinski definition) is 2. The third-order valence-electron chi connectivity index (χ3n) is 6.73. The van der Waals surface area contributed by atoms with E-state index in [1.54, 1.807) is 53.7 Å². The Morgan fingerprint density at radius 1 is 1.00 bits per heavy atom. The first kappa shape index (κ1) is 33.0. The molecule has 0 radical (unpaired) electrons. The van der Waals surface area contributed by atoms with E-state index in [4.69, 9.17) is 10.5 Å². The van der Waals surface area contributed by atoms with Gasteiger partial charge in [0, 0.05) is 30.3 Å². The van der Waals surface area contributed by atoms with Crippen LogP contribution in [0.1, 0.15) is 70.8 Å². The molecule has 2 aromatic carbocycles. The van der Waals surface area contributed by atoms with Gasteiger partial charge in [-0.15, -0.1) is 0 Å². The standard InChI is InChI=1S/C32H41N5O6/c1-20(38)34-23-17-25(37(19-23)29(41)26(31(2,3)4)35-30(42)43-32(5,6)7)28(40)36(18-21-11-9-8-10-12-21)24-15-13-22(14-16-24)27(33)39/h8-16,25-26H,17-19H2,1-7H3,(H2,33,39)(H,35,42)/t25-,26+/m0/s1. The summed E-state index contributed by atoms with van der Waals surface area (Å²) in [7, 11) is 0. The molecule has 0 saturated carbocycles. The number of carbonyl (C=O) groups is 5. The number of aliphatic imine (C=N–C) groups is 1. The molecule has 1 saturated heterocycles. The maximum atomic E-state index is 14.4. The summed E-state index contributed by atoms with van der Waals surface area (Å²) in [6.07, 6.45) is -0.723. The predicted octanol–water partition coefficient (Wildman–Crippen LogP) is 3.85. The third-order valence-corrected chi connectivity index (χ3v) is 6.73. The molecule has 3 N–H and O–H groups in total. The van der Waals surface area contributed by atoms with E-state index in [0.717, 1.165) is 5.56 Å². The highest BCUT2D eigenvalue weighted by molar-refractivity contribution is 6.09. The van der Waals surface area contributed by atoms with E-state index in [2.05, 4.69) is 10.3 Å². The number of hydrogen-bond acceptors (Lipinski definition) is 6. The van der Waals surface area contributed by atoms with Gasteiger partial charge >= 0.3 is 6.09 Å². The second-order valence-electron chi connectivity index (χ2n) is 12.6. The minimum atomic E-state index is -1.05. The lowest BCUT2D eigenvalue weighted by atomic mass is 9.85. The molecule has 0 aliphatic carbocycles. The average Bonchev–Trinajstić information content (AvgIpc) is 3.32. The number of nitrogens with zero attached hydrogens (tertiary/aromatic N) is 3. The molecule has 0 spiro atoms. The van der Waals surface area contributed by atoms with Gasteiger partial charge in [-0.1, -0.05) is 51.1 Å². The summed E-state index contributed by atoms with van der Waals surface area (Å²) in [5.74, 6) is -1.97. The molecule has 2 atom stereocenters. The van der Waals surface area contributed by atoms with E-state index in [9.17, 15) is 24.0 Å². The fraction of sp³-hybridized carbons (Fsp3) is 0.438. The molecule has 5 amide bonds. The first-order valence-electron chi connectivity index (χ1n) is 14.1. The highest BCUT2D eigenvalue weighted by Gasteiger charge is 2.45. The summed E-state index contributed by atoms with van der Waals surface area (Å²) in [4.78, 5) is 71.9. The SMILES string of the molecule is CC(=O)N=C1C[C@@H](C(=O)N(Cc2ccccc2)c2ccc(C(N)=O)cc2)N(C(=O)[C@@H](NC(=O)OC(C)(C)C)C(C)(C)C)C1. The molecule has 1 heterocycles. The van der Waals surface area contributed by atoms with Crippen molar-refractivity contribution >= 4 is 41.1 Å². The fourth-order valence-electron chi connectivity index (χ4n) is 4.75. The Labute approximate surface area is 252 Å². The highest BCUT2D eigenvalue weighted by Crippen LogP contribution is 2.29. The number of alkyl carbamates (subject to hydrolysis) is 1. The van der Waals surface area contributed by atoms with Crippen molar-refractivity contribution in [2.75, 3.05) is 11.4 Å². The van der Waals surface area contributed by atoms with Crippen LogP contribution in [0.3, 0.4) is 0 Å². The molecular formula is C32H41N5O6. The number of nitrogens with one attached hydrogen (secondary N) is 1. The molecular weight excluding hydrogens is 550 g/mol. The first-order valence-corrected chi connectivity index (χ1v) is 14.1. The van der Waals surface area contributed by atoms with Gasteiger partial charge in [-0.2, -0.15) is 0 Å². The van der Waals surface area contributed by atoms with E-state index in [-0.39, 0.29) is 25.1 Å². The molecule has 230 valence electrons. The largest absolute Gasteiger partial charge is 0.444 e. The maximum Gasteiger partial charge on any atom is 0.408 e. The van der Waals surface area contributed by atoms with Crippen molar-refractivity contribution in [1.82, 2.24) is 10.2 Å². The molecule has 3 rings (SSSR count). The lowest BCUT2D eigenvalue weighted by molar-refractivity contribution is -0.141. The number of primary amides is 1. The first-order chi connectivity index (χ1) is 20.0. The maximum absolute atomic E-state index is 14.4. The Hall–Kier alpha value is -4.54. The summed E-state index contributed by atoms with van der Waals surface area (Å²) < 4.78 is 5.42. The highest BCUT2D eigenvalue weighted by atomic mass is 16.6. The number of ether oxygens (including phenoxy) is 1. The van der Waals surface area contributed by atoms with E-state index in [0.29, 0.717) is 11.4 Å². The number of rotatable bonds is 7. The zero-order chi connectivity index (χ0) is 32.1. The monoisotopic (exact) mass is 591 g/mol. The number of nitrogens with two attached hydrogens (primary N) is 1. The van der Waals surface area contributed by atoms with Crippen LogP contribution in [0, 0.1) is 5.41 Å². The van der Waals surface area contributed by atoms with Gasteiger partial charge in [0.15, 0.2) is 0 Å².